The molecule has 144 valence electrons. The number of pyridine rings is 1. The van der Waals surface area contributed by atoms with E-state index in [0.29, 0.717) is 18.8 Å². The molecule has 0 radical (unpaired) electrons. The van der Waals surface area contributed by atoms with Gasteiger partial charge in [0, 0.05) is 56.4 Å². The van der Waals surface area contributed by atoms with E-state index in [2.05, 4.69) is 25.8 Å². The minimum atomic E-state index is -0.327. The summed E-state index contributed by atoms with van der Waals surface area (Å²) in [5.74, 6) is 0.707. The van der Waals surface area contributed by atoms with E-state index in [1.165, 1.54) is 0 Å². The van der Waals surface area contributed by atoms with Gasteiger partial charge in [0.1, 0.15) is 11.6 Å². The average molecular weight is 379 g/mol. The standard InChI is InChI=1S/C21H22FN5O/c22-19-8-15(3-4-20(19)26-7-6-23-14-26)10-25-11-16-2-1-5-24-21(16)27-13-18(28)9-17(27)12-25/h1-8,14,17-18,28H,9-13H2/t17-,18+/m0/s1. The summed E-state index contributed by atoms with van der Waals surface area (Å²) in [6.07, 6.45) is 7.18. The predicted octanol–water partition coefficient (Wildman–Crippen LogP) is 2.36. The molecule has 5 rings (SSSR count). The molecule has 0 unspecified atom stereocenters. The van der Waals surface area contributed by atoms with Gasteiger partial charge in [0.2, 0.25) is 0 Å². The summed E-state index contributed by atoms with van der Waals surface area (Å²) in [5, 5.41) is 10.2. The number of hydrogen-bond donors (Lipinski definition) is 1. The number of anilines is 1. The van der Waals surface area contributed by atoms with Gasteiger partial charge in [-0.15, -0.1) is 0 Å². The fourth-order valence-electron chi connectivity index (χ4n) is 4.38. The maximum absolute atomic E-state index is 14.6. The lowest BCUT2D eigenvalue weighted by atomic mass is 10.1. The molecule has 0 aliphatic carbocycles. The molecule has 1 saturated heterocycles. The Morgan fingerprint density at radius 2 is 2.11 bits per heavy atom. The Labute approximate surface area is 162 Å². The van der Waals surface area contributed by atoms with Crippen molar-refractivity contribution in [1.29, 1.82) is 0 Å². The fourth-order valence-corrected chi connectivity index (χ4v) is 4.38. The first-order valence-electron chi connectivity index (χ1n) is 9.55. The molecule has 7 heteroatoms. The van der Waals surface area contributed by atoms with Crippen molar-refractivity contribution >= 4 is 5.82 Å². The lowest BCUT2D eigenvalue weighted by Gasteiger charge is -2.26. The van der Waals surface area contributed by atoms with Crippen molar-refractivity contribution in [2.24, 2.45) is 0 Å². The normalized spacial score (nSPS) is 22.0. The van der Waals surface area contributed by atoms with E-state index < -0.39 is 0 Å². The van der Waals surface area contributed by atoms with Crippen LogP contribution in [0.5, 0.6) is 0 Å². The van der Waals surface area contributed by atoms with E-state index in [0.717, 1.165) is 36.5 Å². The van der Waals surface area contributed by atoms with Gasteiger partial charge in [0.15, 0.2) is 0 Å². The zero-order valence-corrected chi connectivity index (χ0v) is 15.4. The number of aliphatic hydroxyl groups is 1. The molecule has 0 saturated carbocycles. The molecular weight excluding hydrogens is 357 g/mol. The van der Waals surface area contributed by atoms with E-state index in [9.17, 15) is 9.50 Å². The number of fused-ring (bicyclic) bond motifs is 3. The largest absolute Gasteiger partial charge is 0.391 e. The summed E-state index contributed by atoms with van der Waals surface area (Å²) in [4.78, 5) is 13.1. The molecule has 0 spiro atoms. The molecular formula is C21H22FN5O. The Balaban J connectivity index is 1.40. The zero-order valence-electron chi connectivity index (χ0n) is 15.4. The minimum absolute atomic E-state index is 0.223. The fraction of sp³-hybridized carbons (Fsp3) is 0.333. The number of hydrogen-bond acceptors (Lipinski definition) is 5. The summed E-state index contributed by atoms with van der Waals surface area (Å²) < 4.78 is 16.3. The highest BCUT2D eigenvalue weighted by atomic mass is 19.1. The van der Waals surface area contributed by atoms with Crippen LogP contribution in [0.15, 0.2) is 55.2 Å². The zero-order chi connectivity index (χ0) is 19.1. The first-order valence-corrected chi connectivity index (χ1v) is 9.55. The first kappa shape index (κ1) is 17.3. The number of aromatic nitrogens is 3. The van der Waals surface area contributed by atoms with Crippen LogP contribution in [-0.2, 0) is 13.1 Å². The number of nitrogens with zero attached hydrogens (tertiary/aromatic N) is 5. The van der Waals surface area contributed by atoms with Crippen molar-refractivity contribution in [1.82, 2.24) is 19.4 Å². The Morgan fingerprint density at radius 3 is 2.93 bits per heavy atom. The minimum Gasteiger partial charge on any atom is -0.391 e. The molecule has 28 heavy (non-hydrogen) atoms. The van der Waals surface area contributed by atoms with Crippen molar-refractivity contribution in [3.8, 4) is 5.69 Å². The van der Waals surface area contributed by atoms with Crippen molar-refractivity contribution in [2.75, 3.05) is 18.0 Å². The third-order valence-corrected chi connectivity index (χ3v) is 5.60. The van der Waals surface area contributed by atoms with Crippen LogP contribution in [0.2, 0.25) is 0 Å². The highest BCUT2D eigenvalue weighted by Crippen LogP contribution is 2.32. The van der Waals surface area contributed by atoms with E-state index >= 15 is 0 Å². The number of halogens is 1. The van der Waals surface area contributed by atoms with Crippen LogP contribution in [-0.4, -0.2) is 49.8 Å². The molecule has 6 nitrogen and oxygen atoms in total. The predicted molar refractivity (Wildman–Crippen MR) is 104 cm³/mol. The average Bonchev–Trinajstić information content (AvgIpc) is 3.30. The maximum Gasteiger partial charge on any atom is 0.147 e. The number of imidazole rings is 1. The number of rotatable bonds is 3. The number of benzene rings is 1. The van der Waals surface area contributed by atoms with Crippen molar-refractivity contribution in [2.45, 2.75) is 31.7 Å². The third kappa shape index (κ3) is 3.16. The van der Waals surface area contributed by atoms with Crippen LogP contribution in [0, 0.1) is 5.82 Å². The second kappa shape index (κ2) is 7.00. The van der Waals surface area contributed by atoms with E-state index in [4.69, 9.17) is 0 Å². The molecule has 2 atom stereocenters. The van der Waals surface area contributed by atoms with Crippen molar-refractivity contribution < 1.29 is 9.50 Å². The quantitative estimate of drug-likeness (QED) is 0.757. The molecule has 3 aromatic rings. The molecule has 1 fully saturated rings. The third-order valence-electron chi connectivity index (χ3n) is 5.60. The molecule has 2 aliphatic heterocycles. The van der Waals surface area contributed by atoms with Crippen LogP contribution < -0.4 is 4.90 Å². The molecule has 1 N–H and O–H groups in total. The molecule has 2 aromatic heterocycles. The second-order valence-electron chi connectivity index (χ2n) is 7.61. The van der Waals surface area contributed by atoms with Gasteiger partial charge in [0.05, 0.1) is 18.1 Å². The van der Waals surface area contributed by atoms with E-state index in [1.807, 2.05) is 12.1 Å². The topological polar surface area (TPSA) is 57.4 Å². The lowest BCUT2D eigenvalue weighted by Crippen LogP contribution is -2.37. The molecule has 2 aliphatic rings. The smallest absolute Gasteiger partial charge is 0.147 e. The Hall–Kier alpha value is -2.77. The van der Waals surface area contributed by atoms with Crippen molar-refractivity contribution in [3.63, 3.8) is 0 Å². The summed E-state index contributed by atoms with van der Waals surface area (Å²) in [7, 11) is 0. The summed E-state index contributed by atoms with van der Waals surface area (Å²) >= 11 is 0. The van der Waals surface area contributed by atoms with Gasteiger partial charge in [-0.3, -0.25) is 4.90 Å². The lowest BCUT2D eigenvalue weighted by molar-refractivity contribution is 0.184. The van der Waals surface area contributed by atoms with Gasteiger partial charge in [0.25, 0.3) is 0 Å². The summed E-state index contributed by atoms with van der Waals surface area (Å²) in [6, 6.07) is 9.63. The van der Waals surface area contributed by atoms with Crippen LogP contribution in [0.4, 0.5) is 10.2 Å². The Kier molecular flexibility index (Phi) is 4.33. The molecule has 0 amide bonds. The van der Waals surface area contributed by atoms with Gasteiger partial charge < -0.3 is 14.6 Å². The van der Waals surface area contributed by atoms with Crippen molar-refractivity contribution in [3.05, 3.63) is 72.2 Å². The SMILES string of the molecule is O[C@@H]1C[C@H]2CN(Cc3ccc(-n4ccnc4)c(F)c3)Cc3cccnc3N2C1. The van der Waals surface area contributed by atoms with Gasteiger partial charge >= 0.3 is 0 Å². The second-order valence-corrected chi connectivity index (χ2v) is 7.61. The molecule has 1 aromatic carbocycles. The van der Waals surface area contributed by atoms with Crippen LogP contribution in [0.3, 0.4) is 0 Å². The van der Waals surface area contributed by atoms with E-state index in [-0.39, 0.29) is 18.0 Å². The Bertz CT molecular complexity index is 977. The van der Waals surface area contributed by atoms with Gasteiger partial charge in [-0.25, -0.2) is 14.4 Å². The summed E-state index contributed by atoms with van der Waals surface area (Å²) in [5.41, 5.74) is 2.57. The monoisotopic (exact) mass is 379 g/mol. The summed E-state index contributed by atoms with van der Waals surface area (Å²) in [6.45, 7) is 2.85. The molecule has 0 bridgehead atoms. The number of aliphatic hydroxyl groups excluding tert-OH is 1. The maximum atomic E-state index is 14.6. The van der Waals surface area contributed by atoms with Gasteiger partial charge in [-0.1, -0.05) is 12.1 Å². The Morgan fingerprint density at radius 1 is 1.18 bits per heavy atom. The van der Waals surface area contributed by atoms with Gasteiger partial charge in [-0.2, -0.15) is 0 Å². The van der Waals surface area contributed by atoms with Crippen LogP contribution in [0.1, 0.15) is 17.5 Å². The van der Waals surface area contributed by atoms with Crippen LogP contribution in [0.25, 0.3) is 5.69 Å². The highest BCUT2D eigenvalue weighted by molar-refractivity contribution is 5.50. The van der Waals surface area contributed by atoms with Crippen LogP contribution >= 0.6 is 0 Å². The van der Waals surface area contributed by atoms with E-state index in [1.54, 1.807) is 41.6 Å². The molecule has 4 heterocycles. The van der Waals surface area contributed by atoms with Gasteiger partial charge in [-0.05, 0) is 30.2 Å². The highest BCUT2D eigenvalue weighted by Gasteiger charge is 2.36. The first-order chi connectivity index (χ1) is 13.7.